The van der Waals surface area contributed by atoms with E-state index in [1.54, 1.807) is 0 Å². The van der Waals surface area contributed by atoms with E-state index in [0.717, 1.165) is 33.9 Å². The van der Waals surface area contributed by atoms with Crippen molar-refractivity contribution in [3.8, 4) is 22.5 Å². The summed E-state index contributed by atoms with van der Waals surface area (Å²) in [6.45, 7) is 2.95. The van der Waals surface area contributed by atoms with Crippen molar-refractivity contribution in [2.45, 2.75) is 13.8 Å². The van der Waals surface area contributed by atoms with E-state index in [4.69, 9.17) is 0 Å². The second-order valence-electron chi connectivity index (χ2n) is 5.81. The Bertz CT molecular complexity index is 860. The minimum absolute atomic E-state index is 0.107. The molecule has 2 N–H and O–H groups in total. The summed E-state index contributed by atoms with van der Waals surface area (Å²) < 4.78 is 0. The molecule has 0 saturated carbocycles. The van der Waals surface area contributed by atoms with E-state index in [1.807, 2.05) is 54.6 Å². The molecule has 1 heterocycles. The second kappa shape index (κ2) is 7.57. The normalized spacial score (nSPS) is 10.2. The first-order chi connectivity index (χ1) is 12.5. The summed E-state index contributed by atoms with van der Waals surface area (Å²) in [4.78, 5) is 30.8. The molecule has 0 bridgehead atoms. The molecule has 3 aromatic rings. The van der Waals surface area contributed by atoms with Gasteiger partial charge in [0, 0.05) is 36.3 Å². The van der Waals surface area contributed by atoms with Gasteiger partial charge in [-0.25, -0.2) is 9.97 Å². The highest BCUT2D eigenvalue weighted by Crippen LogP contribution is 2.25. The summed E-state index contributed by atoms with van der Waals surface area (Å²) in [6, 6.07) is 16.8. The van der Waals surface area contributed by atoms with Gasteiger partial charge in [0.05, 0.1) is 11.4 Å². The lowest BCUT2D eigenvalue weighted by Gasteiger charge is -2.07. The van der Waals surface area contributed by atoms with Gasteiger partial charge in [0.1, 0.15) is 6.33 Å². The number of nitrogens with zero attached hydrogens (tertiary/aromatic N) is 2. The minimum atomic E-state index is -0.107. The van der Waals surface area contributed by atoms with Crippen molar-refractivity contribution in [2.75, 3.05) is 10.6 Å². The van der Waals surface area contributed by atoms with E-state index >= 15 is 0 Å². The highest BCUT2D eigenvalue weighted by molar-refractivity contribution is 5.89. The van der Waals surface area contributed by atoms with Gasteiger partial charge < -0.3 is 10.6 Å². The summed E-state index contributed by atoms with van der Waals surface area (Å²) in [7, 11) is 0. The number of hydrogen-bond donors (Lipinski definition) is 2. The Morgan fingerprint density at radius 3 is 1.42 bits per heavy atom. The first-order valence-electron chi connectivity index (χ1n) is 8.09. The molecule has 0 unspecified atom stereocenters. The van der Waals surface area contributed by atoms with Crippen molar-refractivity contribution in [2.24, 2.45) is 0 Å². The molecule has 0 aliphatic rings. The molecule has 0 aliphatic heterocycles. The lowest BCUT2D eigenvalue weighted by molar-refractivity contribution is -0.115. The molecule has 3 rings (SSSR count). The molecule has 0 atom stereocenters. The van der Waals surface area contributed by atoms with Crippen LogP contribution in [0.25, 0.3) is 22.5 Å². The Labute approximate surface area is 151 Å². The summed E-state index contributed by atoms with van der Waals surface area (Å²) >= 11 is 0. The molecule has 0 spiro atoms. The number of anilines is 2. The second-order valence-corrected chi connectivity index (χ2v) is 5.81. The summed E-state index contributed by atoms with van der Waals surface area (Å²) in [5, 5.41) is 5.48. The number of hydrogen-bond acceptors (Lipinski definition) is 4. The highest BCUT2D eigenvalue weighted by Gasteiger charge is 2.05. The van der Waals surface area contributed by atoms with Crippen LogP contribution in [-0.4, -0.2) is 21.8 Å². The van der Waals surface area contributed by atoms with Crippen LogP contribution in [0.2, 0.25) is 0 Å². The van der Waals surface area contributed by atoms with E-state index in [-0.39, 0.29) is 11.8 Å². The molecule has 2 amide bonds. The van der Waals surface area contributed by atoms with Crippen LogP contribution in [0.4, 0.5) is 11.4 Å². The van der Waals surface area contributed by atoms with Crippen LogP contribution >= 0.6 is 0 Å². The lowest BCUT2D eigenvalue weighted by Crippen LogP contribution is -2.05. The zero-order chi connectivity index (χ0) is 18.5. The van der Waals surface area contributed by atoms with Gasteiger partial charge in [-0.2, -0.15) is 0 Å². The number of benzene rings is 2. The third-order valence-corrected chi connectivity index (χ3v) is 3.67. The van der Waals surface area contributed by atoms with Crippen molar-refractivity contribution >= 4 is 23.2 Å². The van der Waals surface area contributed by atoms with Crippen molar-refractivity contribution in [1.29, 1.82) is 0 Å². The van der Waals surface area contributed by atoms with E-state index in [9.17, 15) is 9.59 Å². The Morgan fingerprint density at radius 1 is 0.692 bits per heavy atom. The number of amides is 2. The Morgan fingerprint density at radius 2 is 1.08 bits per heavy atom. The van der Waals surface area contributed by atoms with Crippen molar-refractivity contribution < 1.29 is 9.59 Å². The zero-order valence-corrected chi connectivity index (χ0v) is 14.5. The Balaban J connectivity index is 1.84. The molecule has 0 aliphatic carbocycles. The molecule has 0 saturated heterocycles. The fourth-order valence-electron chi connectivity index (χ4n) is 2.53. The molecule has 6 nitrogen and oxygen atoms in total. The summed E-state index contributed by atoms with van der Waals surface area (Å²) in [5.74, 6) is -0.213. The smallest absolute Gasteiger partial charge is 0.221 e. The standard InChI is InChI=1S/C20H18N4O2/c1-13(25)23-17-7-3-15(4-8-17)19-11-20(22-12-21-19)16-5-9-18(10-6-16)24-14(2)26/h3-12H,1-2H3,(H,23,25)(H,24,26). The number of rotatable bonds is 4. The summed E-state index contributed by atoms with van der Waals surface area (Å²) in [5.41, 5.74) is 4.91. The van der Waals surface area contributed by atoms with Crippen LogP contribution < -0.4 is 10.6 Å². The Hall–Kier alpha value is -3.54. The van der Waals surface area contributed by atoms with Gasteiger partial charge in [-0.1, -0.05) is 24.3 Å². The van der Waals surface area contributed by atoms with Gasteiger partial charge in [0.2, 0.25) is 11.8 Å². The fourth-order valence-corrected chi connectivity index (χ4v) is 2.53. The quantitative estimate of drug-likeness (QED) is 0.754. The topological polar surface area (TPSA) is 84.0 Å². The predicted molar refractivity (Wildman–Crippen MR) is 102 cm³/mol. The molecule has 1 aromatic heterocycles. The third kappa shape index (κ3) is 4.30. The lowest BCUT2D eigenvalue weighted by atomic mass is 10.1. The van der Waals surface area contributed by atoms with Crippen molar-refractivity contribution in [3.63, 3.8) is 0 Å². The van der Waals surface area contributed by atoms with E-state index in [2.05, 4.69) is 20.6 Å². The largest absolute Gasteiger partial charge is 0.326 e. The Kier molecular flexibility index (Phi) is 5.03. The maximum Gasteiger partial charge on any atom is 0.221 e. The van der Waals surface area contributed by atoms with Crippen LogP contribution in [0.15, 0.2) is 60.9 Å². The van der Waals surface area contributed by atoms with Gasteiger partial charge in [-0.15, -0.1) is 0 Å². The molecule has 0 fully saturated rings. The monoisotopic (exact) mass is 346 g/mol. The van der Waals surface area contributed by atoms with Gasteiger partial charge in [-0.3, -0.25) is 9.59 Å². The van der Waals surface area contributed by atoms with Gasteiger partial charge in [0.25, 0.3) is 0 Å². The van der Waals surface area contributed by atoms with E-state index in [0.29, 0.717) is 0 Å². The maximum absolute atomic E-state index is 11.1. The van der Waals surface area contributed by atoms with Crippen LogP contribution in [0.5, 0.6) is 0 Å². The van der Waals surface area contributed by atoms with Crippen molar-refractivity contribution in [3.05, 3.63) is 60.9 Å². The molecule has 6 heteroatoms. The molecule has 130 valence electrons. The number of nitrogens with one attached hydrogen (secondary N) is 2. The SMILES string of the molecule is CC(=O)Nc1ccc(-c2cc(-c3ccc(NC(C)=O)cc3)ncn2)cc1. The number of aromatic nitrogens is 2. The third-order valence-electron chi connectivity index (χ3n) is 3.67. The van der Waals surface area contributed by atoms with Gasteiger partial charge >= 0.3 is 0 Å². The molecular weight excluding hydrogens is 328 g/mol. The van der Waals surface area contributed by atoms with Gasteiger partial charge in [0.15, 0.2) is 0 Å². The predicted octanol–water partition coefficient (Wildman–Crippen LogP) is 3.73. The van der Waals surface area contributed by atoms with Crippen LogP contribution in [0.3, 0.4) is 0 Å². The highest BCUT2D eigenvalue weighted by atomic mass is 16.2. The average molecular weight is 346 g/mol. The minimum Gasteiger partial charge on any atom is -0.326 e. The average Bonchev–Trinajstić information content (AvgIpc) is 2.62. The fraction of sp³-hybridized carbons (Fsp3) is 0.100. The summed E-state index contributed by atoms with van der Waals surface area (Å²) in [6.07, 6.45) is 1.52. The first-order valence-corrected chi connectivity index (χ1v) is 8.09. The van der Waals surface area contributed by atoms with E-state index in [1.165, 1.54) is 20.2 Å². The number of carbonyl (C=O) groups excluding carboxylic acids is 2. The molecule has 26 heavy (non-hydrogen) atoms. The first kappa shape index (κ1) is 17.3. The molecule has 0 radical (unpaired) electrons. The van der Waals surface area contributed by atoms with Crippen LogP contribution in [0.1, 0.15) is 13.8 Å². The van der Waals surface area contributed by atoms with Crippen LogP contribution in [-0.2, 0) is 9.59 Å². The maximum atomic E-state index is 11.1. The van der Waals surface area contributed by atoms with Crippen LogP contribution in [0, 0.1) is 0 Å². The van der Waals surface area contributed by atoms with E-state index < -0.39 is 0 Å². The molecule has 2 aromatic carbocycles. The number of carbonyl (C=O) groups is 2. The molecular formula is C20H18N4O2. The zero-order valence-electron chi connectivity index (χ0n) is 14.5. The van der Waals surface area contributed by atoms with Gasteiger partial charge in [-0.05, 0) is 30.3 Å². The van der Waals surface area contributed by atoms with Crippen molar-refractivity contribution in [1.82, 2.24) is 9.97 Å².